The van der Waals surface area contributed by atoms with Gasteiger partial charge in [0.15, 0.2) is 5.84 Å². The molecule has 5 nitrogen and oxygen atoms in total. The smallest absolute Gasteiger partial charge is 0.248 e. The highest BCUT2D eigenvalue weighted by Crippen LogP contribution is 2.29. The molecule has 0 aliphatic carbocycles. The Morgan fingerprint density at radius 2 is 2.00 bits per heavy atom. The van der Waals surface area contributed by atoms with Gasteiger partial charge in [-0.15, -0.1) is 0 Å². The Bertz CT molecular complexity index is 620. The second-order valence-corrected chi connectivity index (χ2v) is 6.39. The van der Waals surface area contributed by atoms with Gasteiger partial charge in [-0.05, 0) is 24.6 Å². The lowest BCUT2D eigenvalue weighted by Gasteiger charge is -2.21. The van der Waals surface area contributed by atoms with Crippen LogP contribution in [0.4, 0.5) is 5.69 Å². The molecule has 0 spiro atoms. The maximum absolute atomic E-state index is 9.83. The Labute approximate surface area is 131 Å². The van der Waals surface area contributed by atoms with Crippen LogP contribution in [0.3, 0.4) is 0 Å². The average molecular weight is 334 g/mol. The van der Waals surface area contributed by atoms with Crippen molar-refractivity contribution in [3.63, 3.8) is 0 Å². The fourth-order valence-corrected chi connectivity index (χ4v) is 1.78. The van der Waals surface area contributed by atoms with E-state index in [1.54, 1.807) is 12.1 Å². The molecule has 8 heteroatoms. The lowest BCUT2D eigenvalue weighted by molar-refractivity contribution is 0.477. The quantitative estimate of drug-likeness (QED) is 0.545. The molecule has 0 unspecified atom stereocenters. The zero-order valence-corrected chi connectivity index (χ0v) is 12.7. The Morgan fingerprint density at radius 1 is 1.30 bits per heavy atom. The number of hydrogen-bond donors (Lipinski definition) is 3. The van der Waals surface area contributed by atoms with Crippen molar-refractivity contribution in [1.29, 1.82) is 0 Å². The number of aromatic hydroxyl groups is 1. The number of alkyl halides is 3. The monoisotopic (exact) mass is 332 g/mol. The molecule has 1 aliphatic heterocycles. The standard InChI is InChI=1S/C12H11Cl3N4O/c1-6-3-4-8(9(20)5-6)18-11-17-7(2)16-10(19-11)12(13,14)15/h3-5,20H,2H2,1H3,(H2,16,17,18,19). The zero-order valence-electron chi connectivity index (χ0n) is 10.4. The van der Waals surface area contributed by atoms with Gasteiger partial charge in [-0.3, -0.25) is 0 Å². The predicted molar refractivity (Wildman–Crippen MR) is 83.9 cm³/mol. The van der Waals surface area contributed by atoms with Gasteiger partial charge >= 0.3 is 0 Å². The Hall–Kier alpha value is -1.43. The van der Waals surface area contributed by atoms with Gasteiger partial charge in [0.2, 0.25) is 9.75 Å². The first-order chi connectivity index (χ1) is 9.25. The van der Waals surface area contributed by atoms with E-state index in [1.165, 1.54) is 0 Å². The number of guanidine groups is 1. The van der Waals surface area contributed by atoms with Crippen LogP contribution in [0.1, 0.15) is 5.56 Å². The Balaban J connectivity index is 2.28. The third kappa shape index (κ3) is 3.56. The molecule has 0 atom stereocenters. The fourth-order valence-electron chi connectivity index (χ4n) is 1.51. The number of rotatable bonds is 1. The Kier molecular flexibility index (Phi) is 4.13. The van der Waals surface area contributed by atoms with Crippen LogP contribution < -0.4 is 10.6 Å². The topological polar surface area (TPSA) is 69.0 Å². The van der Waals surface area contributed by atoms with Gasteiger partial charge < -0.3 is 15.7 Å². The largest absolute Gasteiger partial charge is 0.506 e. The van der Waals surface area contributed by atoms with Crippen molar-refractivity contribution in [3.8, 4) is 5.75 Å². The van der Waals surface area contributed by atoms with E-state index < -0.39 is 3.79 Å². The van der Waals surface area contributed by atoms with Crippen LogP contribution in [0, 0.1) is 6.92 Å². The molecule has 0 amide bonds. The first-order valence-electron chi connectivity index (χ1n) is 5.53. The number of anilines is 1. The maximum Gasteiger partial charge on any atom is 0.248 e. The molecule has 0 saturated carbocycles. The zero-order chi connectivity index (χ0) is 14.9. The predicted octanol–water partition coefficient (Wildman–Crippen LogP) is 3.31. The molecule has 1 heterocycles. The molecule has 1 aromatic rings. The van der Waals surface area contributed by atoms with E-state index in [9.17, 15) is 5.11 Å². The van der Waals surface area contributed by atoms with Gasteiger partial charge in [0.25, 0.3) is 0 Å². The third-order valence-corrected chi connectivity index (χ3v) is 2.93. The lowest BCUT2D eigenvalue weighted by Crippen LogP contribution is -2.38. The molecule has 1 aliphatic rings. The number of halogens is 3. The van der Waals surface area contributed by atoms with Gasteiger partial charge in [-0.25, -0.2) is 0 Å². The summed E-state index contributed by atoms with van der Waals surface area (Å²) in [6.45, 7) is 5.52. The highest BCUT2D eigenvalue weighted by atomic mass is 35.6. The van der Waals surface area contributed by atoms with Crippen molar-refractivity contribution < 1.29 is 5.11 Å². The second-order valence-electron chi connectivity index (χ2n) is 4.11. The molecule has 3 N–H and O–H groups in total. The summed E-state index contributed by atoms with van der Waals surface area (Å²) in [6.07, 6.45) is 0. The van der Waals surface area contributed by atoms with Crippen molar-refractivity contribution >= 4 is 52.3 Å². The molecule has 106 valence electrons. The number of aliphatic imine (C=N–C) groups is 2. The van der Waals surface area contributed by atoms with E-state index >= 15 is 0 Å². The van der Waals surface area contributed by atoms with Gasteiger partial charge in [-0.2, -0.15) is 9.98 Å². The minimum Gasteiger partial charge on any atom is -0.506 e. The first kappa shape index (κ1) is 15.0. The number of nitrogens with one attached hydrogen (secondary N) is 2. The number of phenolic OH excluding ortho intramolecular Hbond substituents is 1. The minimum atomic E-state index is -1.72. The maximum atomic E-state index is 9.83. The van der Waals surface area contributed by atoms with E-state index in [0.717, 1.165) is 5.56 Å². The highest BCUT2D eigenvalue weighted by molar-refractivity contribution is 6.76. The van der Waals surface area contributed by atoms with Gasteiger partial charge in [0.1, 0.15) is 11.6 Å². The lowest BCUT2D eigenvalue weighted by atomic mass is 10.2. The van der Waals surface area contributed by atoms with Gasteiger partial charge in [0, 0.05) is 0 Å². The van der Waals surface area contributed by atoms with E-state index in [1.807, 2.05) is 13.0 Å². The summed E-state index contributed by atoms with van der Waals surface area (Å²) >= 11 is 17.3. The first-order valence-corrected chi connectivity index (χ1v) is 6.66. The molecule has 2 rings (SSSR count). The van der Waals surface area contributed by atoms with Crippen molar-refractivity contribution in [2.45, 2.75) is 10.7 Å². The molecule has 0 fully saturated rings. The van der Waals surface area contributed by atoms with Gasteiger partial charge in [0.05, 0.1) is 5.69 Å². The van der Waals surface area contributed by atoms with Crippen molar-refractivity contribution in [1.82, 2.24) is 5.32 Å². The highest BCUT2D eigenvalue weighted by Gasteiger charge is 2.31. The number of hydrogen-bond acceptors (Lipinski definition) is 5. The Morgan fingerprint density at radius 3 is 2.60 bits per heavy atom. The van der Waals surface area contributed by atoms with Crippen molar-refractivity contribution in [2.75, 3.05) is 5.32 Å². The number of amidine groups is 1. The van der Waals surface area contributed by atoms with E-state index in [-0.39, 0.29) is 23.4 Å². The molecule has 1 aromatic carbocycles. The number of nitrogens with zero attached hydrogens (tertiary/aromatic N) is 2. The van der Waals surface area contributed by atoms with E-state index in [2.05, 4.69) is 27.2 Å². The summed E-state index contributed by atoms with van der Waals surface area (Å²) in [5, 5.41) is 15.3. The van der Waals surface area contributed by atoms with Crippen LogP contribution in [0.5, 0.6) is 5.75 Å². The molecule has 0 saturated heterocycles. The van der Waals surface area contributed by atoms with Crippen LogP contribution >= 0.6 is 34.8 Å². The van der Waals surface area contributed by atoms with Crippen molar-refractivity contribution in [2.24, 2.45) is 9.98 Å². The summed E-state index contributed by atoms with van der Waals surface area (Å²) < 4.78 is -1.72. The summed E-state index contributed by atoms with van der Waals surface area (Å²) in [6, 6.07) is 5.14. The average Bonchev–Trinajstić information content (AvgIpc) is 2.31. The molecule has 0 bridgehead atoms. The van der Waals surface area contributed by atoms with Crippen LogP contribution in [0.2, 0.25) is 0 Å². The third-order valence-electron chi connectivity index (χ3n) is 2.39. The molecule has 0 aromatic heterocycles. The number of benzene rings is 1. The van der Waals surface area contributed by atoms with Crippen LogP contribution in [0.15, 0.2) is 40.6 Å². The van der Waals surface area contributed by atoms with Gasteiger partial charge in [-0.1, -0.05) is 47.4 Å². The molecule has 20 heavy (non-hydrogen) atoms. The SMILES string of the molecule is C=C1N=C(Nc2ccc(C)cc2O)N=C(C(Cl)(Cl)Cl)N1. The van der Waals surface area contributed by atoms with E-state index in [4.69, 9.17) is 34.8 Å². The molecule has 0 radical (unpaired) electrons. The molecular weight excluding hydrogens is 323 g/mol. The summed E-state index contributed by atoms with van der Waals surface area (Å²) in [7, 11) is 0. The van der Waals surface area contributed by atoms with E-state index in [0.29, 0.717) is 5.69 Å². The normalized spacial score (nSPS) is 15.3. The van der Waals surface area contributed by atoms with Crippen LogP contribution in [0.25, 0.3) is 0 Å². The van der Waals surface area contributed by atoms with Crippen LogP contribution in [-0.4, -0.2) is 20.7 Å². The summed E-state index contributed by atoms with van der Waals surface area (Å²) in [5.74, 6) is 0.587. The number of aryl methyl sites for hydroxylation is 1. The molecular formula is C12H11Cl3N4O. The summed E-state index contributed by atoms with van der Waals surface area (Å²) in [4.78, 5) is 8.07. The second kappa shape index (κ2) is 5.52. The fraction of sp³-hybridized carbons (Fsp3) is 0.167. The van der Waals surface area contributed by atoms with Crippen molar-refractivity contribution in [3.05, 3.63) is 36.2 Å². The number of phenols is 1. The minimum absolute atomic E-state index is 0.0717. The summed E-state index contributed by atoms with van der Waals surface area (Å²) in [5.41, 5.74) is 1.37. The van der Waals surface area contributed by atoms with Crippen LogP contribution in [-0.2, 0) is 0 Å².